The Balaban J connectivity index is 1.90. The number of hydrogen-bond donors (Lipinski definition) is 2. The summed E-state index contributed by atoms with van der Waals surface area (Å²) in [5.74, 6) is 0. The average Bonchev–Trinajstić information content (AvgIpc) is 2.74. The molecule has 5 heteroatoms. The van der Waals surface area contributed by atoms with Gasteiger partial charge in [0.15, 0.2) is 0 Å². The summed E-state index contributed by atoms with van der Waals surface area (Å²) in [4.78, 5) is 4.20. The van der Waals surface area contributed by atoms with Crippen LogP contribution in [0.25, 0.3) is 0 Å². The van der Waals surface area contributed by atoms with Crippen LogP contribution < -0.4 is 11.1 Å². The van der Waals surface area contributed by atoms with Crippen molar-refractivity contribution in [3.8, 4) is 0 Å². The van der Waals surface area contributed by atoms with Crippen LogP contribution >= 0.6 is 27.3 Å². The fraction of sp³-hybridized carbons (Fsp3) is 0.182. The summed E-state index contributed by atoms with van der Waals surface area (Å²) in [7, 11) is 0. The number of benzene rings is 1. The topological polar surface area (TPSA) is 50.9 Å². The number of nitrogens with two attached hydrogens (primary N) is 1. The lowest BCUT2D eigenvalue weighted by Gasteiger charge is -2.06. The Morgan fingerprint density at radius 3 is 2.94 bits per heavy atom. The van der Waals surface area contributed by atoms with E-state index in [2.05, 4.69) is 26.2 Å². The first-order chi connectivity index (χ1) is 7.75. The summed E-state index contributed by atoms with van der Waals surface area (Å²) in [5.41, 5.74) is 10.7. The van der Waals surface area contributed by atoms with Crippen LogP contribution in [0.5, 0.6) is 0 Å². The van der Waals surface area contributed by atoms with Crippen molar-refractivity contribution in [2.24, 2.45) is 0 Å². The van der Waals surface area contributed by atoms with Crippen molar-refractivity contribution in [2.75, 3.05) is 5.73 Å². The first-order valence-electron chi connectivity index (χ1n) is 4.87. The Morgan fingerprint density at radius 2 is 2.25 bits per heavy atom. The molecule has 0 unspecified atom stereocenters. The van der Waals surface area contributed by atoms with Crippen molar-refractivity contribution in [3.63, 3.8) is 0 Å². The molecule has 16 heavy (non-hydrogen) atoms. The Labute approximate surface area is 107 Å². The van der Waals surface area contributed by atoms with Crippen LogP contribution in [0.15, 0.2) is 33.6 Å². The second-order valence-electron chi connectivity index (χ2n) is 3.43. The maximum Gasteiger partial charge on any atom is 0.0795 e. The number of halogens is 1. The SMILES string of the molecule is Nc1cc(Br)ccc1CNCc1cscn1. The van der Waals surface area contributed by atoms with E-state index in [0.717, 1.165) is 34.5 Å². The zero-order valence-corrected chi connectivity index (χ0v) is 11.0. The van der Waals surface area contributed by atoms with Gasteiger partial charge in [-0.2, -0.15) is 0 Å². The van der Waals surface area contributed by atoms with Crippen LogP contribution in [0.1, 0.15) is 11.3 Å². The average molecular weight is 298 g/mol. The molecule has 0 atom stereocenters. The van der Waals surface area contributed by atoms with Gasteiger partial charge in [-0.3, -0.25) is 0 Å². The van der Waals surface area contributed by atoms with E-state index in [1.165, 1.54) is 0 Å². The molecule has 0 saturated carbocycles. The molecule has 1 heterocycles. The minimum absolute atomic E-state index is 0.761. The van der Waals surface area contributed by atoms with Crippen LogP contribution in [0.4, 0.5) is 5.69 Å². The lowest BCUT2D eigenvalue weighted by molar-refractivity contribution is 0.684. The van der Waals surface area contributed by atoms with Gasteiger partial charge >= 0.3 is 0 Å². The van der Waals surface area contributed by atoms with Crippen molar-refractivity contribution in [2.45, 2.75) is 13.1 Å². The van der Waals surface area contributed by atoms with Gasteiger partial charge in [-0.05, 0) is 17.7 Å². The summed E-state index contributed by atoms with van der Waals surface area (Å²) in [6, 6.07) is 5.93. The molecule has 3 nitrogen and oxygen atoms in total. The molecule has 84 valence electrons. The molecule has 1 aromatic heterocycles. The molecule has 2 aromatic rings. The number of hydrogen-bond acceptors (Lipinski definition) is 4. The van der Waals surface area contributed by atoms with Gasteiger partial charge in [-0.15, -0.1) is 11.3 Å². The van der Waals surface area contributed by atoms with Crippen molar-refractivity contribution in [1.29, 1.82) is 0 Å². The van der Waals surface area contributed by atoms with Gasteiger partial charge < -0.3 is 11.1 Å². The van der Waals surface area contributed by atoms with Crippen LogP contribution in [0.2, 0.25) is 0 Å². The lowest BCUT2D eigenvalue weighted by Crippen LogP contribution is -2.14. The minimum atomic E-state index is 0.761. The maximum atomic E-state index is 5.90. The molecule has 0 aliphatic carbocycles. The minimum Gasteiger partial charge on any atom is -0.398 e. The molecular weight excluding hydrogens is 286 g/mol. The molecule has 0 fully saturated rings. The number of aromatic nitrogens is 1. The molecule has 0 spiro atoms. The maximum absolute atomic E-state index is 5.90. The number of nitrogens with one attached hydrogen (secondary N) is 1. The highest BCUT2D eigenvalue weighted by molar-refractivity contribution is 9.10. The predicted molar refractivity (Wildman–Crippen MR) is 71.2 cm³/mol. The Hall–Kier alpha value is -0.910. The number of thiazole rings is 1. The summed E-state index contributed by atoms with van der Waals surface area (Å²) in [6.45, 7) is 1.54. The van der Waals surface area contributed by atoms with Crippen LogP contribution in [0.3, 0.4) is 0 Å². The molecule has 3 N–H and O–H groups in total. The van der Waals surface area contributed by atoms with E-state index in [4.69, 9.17) is 5.73 Å². The van der Waals surface area contributed by atoms with E-state index in [-0.39, 0.29) is 0 Å². The van der Waals surface area contributed by atoms with Crippen molar-refractivity contribution < 1.29 is 0 Å². The van der Waals surface area contributed by atoms with Crippen molar-refractivity contribution in [3.05, 3.63) is 44.8 Å². The van der Waals surface area contributed by atoms with E-state index < -0.39 is 0 Å². The summed E-state index contributed by atoms with van der Waals surface area (Å²) in [6.07, 6.45) is 0. The molecule has 1 aromatic carbocycles. The van der Waals surface area contributed by atoms with Crippen molar-refractivity contribution >= 4 is 33.0 Å². The highest BCUT2D eigenvalue weighted by Crippen LogP contribution is 2.18. The predicted octanol–water partition coefficient (Wildman–Crippen LogP) is 2.78. The number of nitrogen functional groups attached to an aromatic ring is 1. The molecule has 0 amide bonds. The lowest BCUT2D eigenvalue weighted by atomic mass is 10.2. The van der Waals surface area contributed by atoms with Gasteiger partial charge in [0.1, 0.15) is 0 Å². The fourth-order valence-electron chi connectivity index (χ4n) is 1.38. The zero-order chi connectivity index (χ0) is 11.4. The second-order valence-corrected chi connectivity index (χ2v) is 5.06. The summed E-state index contributed by atoms with van der Waals surface area (Å²) < 4.78 is 1.01. The van der Waals surface area contributed by atoms with Gasteiger partial charge in [-0.25, -0.2) is 4.98 Å². The Morgan fingerprint density at radius 1 is 1.38 bits per heavy atom. The molecule has 2 rings (SSSR count). The van der Waals surface area contributed by atoms with Gasteiger partial charge in [-0.1, -0.05) is 22.0 Å². The Kier molecular flexibility index (Phi) is 3.93. The highest BCUT2D eigenvalue weighted by Gasteiger charge is 2.00. The molecule has 0 aliphatic rings. The summed E-state index contributed by atoms with van der Waals surface area (Å²) in [5, 5.41) is 5.35. The highest BCUT2D eigenvalue weighted by atomic mass is 79.9. The van der Waals surface area contributed by atoms with Crippen LogP contribution in [-0.2, 0) is 13.1 Å². The van der Waals surface area contributed by atoms with E-state index in [1.54, 1.807) is 11.3 Å². The monoisotopic (exact) mass is 297 g/mol. The van der Waals surface area contributed by atoms with Gasteiger partial charge in [0.2, 0.25) is 0 Å². The van der Waals surface area contributed by atoms with E-state index >= 15 is 0 Å². The van der Waals surface area contributed by atoms with E-state index in [9.17, 15) is 0 Å². The third-order valence-corrected chi connectivity index (χ3v) is 3.34. The first-order valence-corrected chi connectivity index (χ1v) is 6.61. The van der Waals surface area contributed by atoms with Gasteiger partial charge in [0, 0.05) is 28.6 Å². The van der Waals surface area contributed by atoms with Gasteiger partial charge in [0.25, 0.3) is 0 Å². The number of nitrogens with zero attached hydrogens (tertiary/aromatic N) is 1. The standard InChI is InChI=1S/C11H12BrN3S/c12-9-2-1-8(11(13)3-9)4-14-5-10-6-16-7-15-10/h1-3,6-7,14H,4-5,13H2. The van der Waals surface area contributed by atoms with Crippen LogP contribution in [-0.4, -0.2) is 4.98 Å². The third-order valence-electron chi connectivity index (χ3n) is 2.21. The molecular formula is C11H12BrN3S. The largest absolute Gasteiger partial charge is 0.398 e. The quantitative estimate of drug-likeness (QED) is 0.853. The van der Waals surface area contributed by atoms with E-state index in [0.29, 0.717) is 0 Å². The van der Waals surface area contributed by atoms with Gasteiger partial charge in [0.05, 0.1) is 11.2 Å². The van der Waals surface area contributed by atoms with Crippen molar-refractivity contribution in [1.82, 2.24) is 10.3 Å². The Bertz CT molecular complexity index is 456. The summed E-state index contributed by atoms with van der Waals surface area (Å²) >= 11 is 5.00. The number of anilines is 1. The second kappa shape index (κ2) is 5.43. The molecule has 0 saturated heterocycles. The smallest absolute Gasteiger partial charge is 0.0795 e. The molecule has 0 aliphatic heterocycles. The normalized spacial score (nSPS) is 10.6. The van der Waals surface area contributed by atoms with Crippen LogP contribution in [0, 0.1) is 0 Å². The third kappa shape index (κ3) is 3.04. The van der Waals surface area contributed by atoms with E-state index in [1.807, 2.05) is 29.1 Å². The fourth-order valence-corrected chi connectivity index (χ4v) is 2.31. The first kappa shape index (κ1) is 11.6. The molecule has 0 bridgehead atoms. The number of rotatable bonds is 4. The molecule has 0 radical (unpaired) electrons. The zero-order valence-electron chi connectivity index (χ0n) is 8.61.